The molecule has 0 fully saturated rings. The van der Waals surface area contributed by atoms with Gasteiger partial charge < -0.3 is 16.8 Å². The van der Waals surface area contributed by atoms with Crippen LogP contribution in [0.5, 0.6) is 0 Å². The molecule has 1 atom stereocenters. The number of nitrogens with one attached hydrogen (secondary N) is 1. The van der Waals surface area contributed by atoms with Crippen LogP contribution in [0.4, 0.5) is 0 Å². The van der Waals surface area contributed by atoms with Crippen LogP contribution in [-0.4, -0.2) is 17.4 Å². The number of rotatable bonds is 6. The van der Waals surface area contributed by atoms with Gasteiger partial charge in [0.2, 0.25) is 11.8 Å². The predicted molar refractivity (Wildman–Crippen MR) is 74.3 cm³/mol. The van der Waals surface area contributed by atoms with Crippen molar-refractivity contribution in [3.05, 3.63) is 35.4 Å². The predicted octanol–water partition coefficient (Wildman–Crippen LogP) is 0.919. The molecular weight excluding hydrogens is 242 g/mol. The summed E-state index contributed by atoms with van der Waals surface area (Å²) < 4.78 is 0. The fourth-order valence-corrected chi connectivity index (χ4v) is 1.80. The first-order valence-corrected chi connectivity index (χ1v) is 6.32. The fourth-order valence-electron chi connectivity index (χ4n) is 1.80. The minimum Gasteiger partial charge on any atom is -0.366 e. The number of hydrogen-bond acceptors (Lipinski definition) is 3. The van der Waals surface area contributed by atoms with Crippen LogP contribution in [0.3, 0.4) is 0 Å². The van der Waals surface area contributed by atoms with E-state index in [2.05, 4.69) is 5.32 Å². The molecule has 5 nitrogen and oxygen atoms in total. The summed E-state index contributed by atoms with van der Waals surface area (Å²) in [6, 6.07) is 6.79. The molecule has 104 valence electrons. The molecule has 1 rings (SSSR count). The molecule has 0 aliphatic rings. The normalized spacial score (nSPS) is 13.6. The second-order valence-corrected chi connectivity index (χ2v) is 4.91. The molecule has 5 heteroatoms. The SMILES string of the molecule is CCCC(C)(N)C(=O)NCc1ccc(C(N)=O)cc1. The molecule has 0 saturated heterocycles. The van der Waals surface area contributed by atoms with Crippen molar-refractivity contribution in [1.29, 1.82) is 0 Å². The van der Waals surface area contributed by atoms with E-state index in [9.17, 15) is 9.59 Å². The summed E-state index contributed by atoms with van der Waals surface area (Å²) >= 11 is 0. The van der Waals surface area contributed by atoms with Crippen molar-refractivity contribution in [2.45, 2.75) is 38.8 Å². The van der Waals surface area contributed by atoms with Crippen molar-refractivity contribution in [3.8, 4) is 0 Å². The number of primary amides is 1. The number of benzene rings is 1. The smallest absolute Gasteiger partial charge is 0.248 e. The maximum atomic E-state index is 11.9. The van der Waals surface area contributed by atoms with Crippen LogP contribution in [0.2, 0.25) is 0 Å². The van der Waals surface area contributed by atoms with Crippen molar-refractivity contribution >= 4 is 11.8 Å². The lowest BCUT2D eigenvalue weighted by atomic mass is 9.96. The molecule has 0 spiro atoms. The number of hydrogen-bond donors (Lipinski definition) is 3. The Balaban J connectivity index is 2.57. The van der Waals surface area contributed by atoms with E-state index in [4.69, 9.17) is 11.5 Å². The van der Waals surface area contributed by atoms with Crippen molar-refractivity contribution in [2.75, 3.05) is 0 Å². The minimum absolute atomic E-state index is 0.173. The lowest BCUT2D eigenvalue weighted by molar-refractivity contribution is -0.126. The highest BCUT2D eigenvalue weighted by Gasteiger charge is 2.26. The summed E-state index contributed by atoms with van der Waals surface area (Å²) in [4.78, 5) is 22.8. The van der Waals surface area contributed by atoms with Crippen molar-refractivity contribution in [3.63, 3.8) is 0 Å². The Bertz CT molecular complexity index is 452. The summed E-state index contributed by atoms with van der Waals surface area (Å²) in [5.41, 5.74) is 11.6. The number of amides is 2. The Morgan fingerprint density at radius 1 is 1.26 bits per heavy atom. The summed E-state index contributed by atoms with van der Waals surface area (Å²) in [7, 11) is 0. The van der Waals surface area contributed by atoms with Gasteiger partial charge in [0.25, 0.3) is 0 Å². The van der Waals surface area contributed by atoms with Crippen LogP contribution in [0.25, 0.3) is 0 Å². The van der Waals surface area contributed by atoms with Gasteiger partial charge in [0, 0.05) is 12.1 Å². The largest absolute Gasteiger partial charge is 0.366 e. The highest BCUT2D eigenvalue weighted by atomic mass is 16.2. The third-order valence-corrected chi connectivity index (χ3v) is 2.98. The van der Waals surface area contributed by atoms with Crippen LogP contribution in [0.1, 0.15) is 42.6 Å². The standard InChI is InChI=1S/C14H21N3O2/c1-3-8-14(2,16)13(19)17-9-10-4-6-11(7-5-10)12(15)18/h4-7H,3,8-9,16H2,1-2H3,(H2,15,18)(H,17,19). The van der Waals surface area contributed by atoms with Crippen molar-refractivity contribution < 1.29 is 9.59 Å². The van der Waals surface area contributed by atoms with Gasteiger partial charge >= 0.3 is 0 Å². The van der Waals surface area contributed by atoms with Gasteiger partial charge in [-0.3, -0.25) is 9.59 Å². The molecule has 0 bridgehead atoms. The van der Waals surface area contributed by atoms with Gasteiger partial charge in [-0.1, -0.05) is 25.5 Å². The van der Waals surface area contributed by atoms with Crippen LogP contribution in [-0.2, 0) is 11.3 Å². The Labute approximate surface area is 113 Å². The average Bonchev–Trinajstić information content (AvgIpc) is 2.36. The highest BCUT2D eigenvalue weighted by molar-refractivity contribution is 5.92. The zero-order chi connectivity index (χ0) is 14.5. The quantitative estimate of drug-likeness (QED) is 0.711. The molecule has 0 heterocycles. The van der Waals surface area contributed by atoms with E-state index >= 15 is 0 Å². The van der Waals surface area contributed by atoms with Crippen LogP contribution < -0.4 is 16.8 Å². The Hall–Kier alpha value is -1.88. The summed E-state index contributed by atoms with van der Waals surface area (Å²) in [6.45, 7) is 4.09. The Morgan fingerprint density at radius 2 is 1.84 bits per heavy atom. The fraction of sp³-hybridized carbons (Fsp3) is 0.429. The van der Waals surface area contributed by atoms with Gasteiger partial charge in [0.15, 0.2) is 0 Å². The van der Waals surface area contributed by atoms with E-state index in [1.165, 1.54) is 0 Å². The van der Waals surface area contributed by atoms with E-state index in [-0.39, 0.29) is 5.91 Å². The molecule has 1 aromatic carbocycles. The molecule has 0 aliphatic carbocycles. The minimum atomic E-state index is -0.845. The molecule has 1 aromatic rings. The van der Waals surface area contributed by atoms with E-state index in [0.717, 1.165) is 12.0 Å². The maximum absolute atomic E-state index is 11.9. The molecule has 5 N–H and O–H groups in total. The summed E-state index contributed by atoms with van der Waals surface area (Å²) in [5, 5.41) is 2.79. The first-order valence-electron chi connectivity index (χ1n) is 6.32. The van der Waals surface area contributed by atoms with E-state index in [1.54, 1.807) is 31.2 Å². The monoisotopic (exact) mass is 263 g/mol. The van der Waals surface area contributed by atoms with Crippen LogP contribution >= 0.6 is 0 Å². The Morgan fingerprint density at radius 3 is 2.32 bits per heavy atom. The van der Waals surface area contributed by atoms with Gasteiger partial charge in [-0.2, -0.15) is 0 Å². The number of carbonyl (C=O) groups excluding carboxylic acids is 2. The van der Waals surface area contributed by atoms with Crippen LogP contribution in [0.15, 0.2) is 24.3 Å². The molecule has 0 aliphatic heterocycles. The van der Waals surface area contributed by atoms with Crippen molar-refractivity contribution in [1.82, 2.24) is 5.32 Å². The summed E-state index contributed by atoms with van der Waals surface area (Å²) in [6.07, 6.45) is 1.49. The molecule has 0 saturated carbocycles. The second kappa shape index (κ2) is 6.33. The molecule has 0 aromatic heterocycles. The van der Waals surface area contributed by atoms with Gasteiger partial charge in [0.1, 0.15) is 0 Å². The van der Waals surface area contributed by atoms with Gasteiger partial charge in [0.05, 0.1) is 5.54 Å². The highest BCUT2D eigenvalue weighted by Crippen LogP contribution is 2.09. The summed E-state index contributed by atoms with van der Waals surface area (Å²) in [5.74, 6) is -0.638. The number of carbonyl (C=O) groups is 2. The first-order chi connectivity index (χ1) is 8.86. The zero-order valence-corrected chi connectivity index (χ0v) is 11.4. The molecule has 1 unspecified atom stereocenters. The van der Waals surface area contributed by atoms with Crippen LogP contribution in [0, 0.1) is 0 Å². The molecule has 2 amide bonds. The average molecular weight is 263 g/mol. The maximum Gasteiger partial charge on any atom is 0.248 e. The topological polar surface area (TPSA) is 98.2 Å². The third-order valence-electron chi connectivity index (χ3n) is 2.98. The van der Waals surface area contributed by atoms with E-state index in [1.807, 2.05) is 6.92 Å². The molecule has 19 heavy (non-hydrogen) atoms. The second-order valence-electron chi connectivity index (χ2n) is 4.91. The first kappa shape index (κ1) is 15.2. The Kier molecular flexibility index (Phi) is 5.06. The lowest BCUT2D eigenvalue weighted by Crippen LogP contribution is -2.51. The third kappa shape index (κ3) is 4.37. The van der Waals surface area contributed by atoms with Gasteiger partial charge in [-0.15, -0.1) is 0 Å². The van der Waals surface area contributed by atoms with Gasteiger partial charge in [-0.25, -0.2) is 0 Å². The van der Waals surface area contributed by atoms with E-state index in [0.29, 0.717) is 18.5 Å². The molecular formula is C14H21N3O2. The zero-order valence-electron chi connectivity index (χ0n) is 11.4. The van der Waals surface area contributed by atoms with Crippen molar-refractivity contribution in [2.24, 2.45) is 11.5 Å². The molecule has 0 radical (unpaired) electrons. The number of nitrogens with two attached hydrogens (primary N) is 2. The van der Waals surface area contributed by atoms with Gasteiger partial charge in [-0.05, 0) is 31.0 Å². The lowest BCUT2D eigenvalue weighted by Gasteiger charge is -2.22. The van der Waals surface area contributed by atoms with E-state index < -0.39 is 11.4 Å².